The van der Waals surface area contributed by atoms with Crippen molar-refractivity contribution in [2.45, 2.75) is 20.0 Å². The third-order valence-corrected chi connectivity index (χ3v) is 6.20. The van der Waals surface area contributed by atoms with Gasteiger partial charge in [-0.25, -0.2) is 4.98 Å². The molecule has 6 heteroatoms. The number of amides is 1. The number of carbonyl (C=O) groups is 1. The topological polar surface area (TPSA) is 51.2 Å². The van der Waals surface area contributed by atoms with Gasteiger partial charge in [0.2, 0.25) is 0 Å². The van der Waals surface area contributed by atoms with Gasteiger partial charge in [-0.2, -0.15) is 0 Å². The summed E-state index contributed by atoms with van der Waals surface area (Å²) in [7, 11) is 0. The van der Waals surface area contributed by atoms with Crippen molar-refractivity contribution in [3.8, 4) is 28.1 Å². The molecule has 156 valence electrons. The highest BCUT2D eigenvalue weighted by molar-refractivity contribution is 9.10. The molecule has 4 aromatic rings. The third kappa shape index (κ3) is 5.21. The van der Waals surface area contributed by atoms with Crippen LogP contribution in [0.5, 0.6) is 5.75 Å². The smallest absolute Gasteiger partial charge is 0.266 e. The molecule has 0 bridgehead atoms. The van der Waals surface area contributed by atoms with Gasteiger partial charge in [-0.1, -0.05) is 70.5 Å². The minimum absolute atomic E-state index is 0.233. The van der Waals surface area contributed by atoms with Crippen molar-refractivity contribution in [1.29, 1.82) is 0 Å². The lowest BCUT2D eigenvalue weighted by Crippen LogP contribution is -2.30. The van der Waals surface area contributed by atoms with Crippen LogP contribution in [0.2, 0.25) is 0 Å². The fraction of sp³-hybridized carbons (Fsp3) is 0.120. The minimum Gasteiger partial charge on any atom is -0.481 e. The summed E-state index contributed by atoms with van der Waals surface area (Å²) in [5, 5.41) is 3.44. The molecule has 0 aliphatic rings. The van der Waals surface area contributed by atoms with Gasteiger partial charge in [-0.05, 0) is 49.2 Å². The van der Waals surface area contributed by atoms with Crippen molar-refractivity contribution >= 4 is 38.3 Å². The number of anilines is 1. The molecule has 0 saturated heterocycles. The predicted octanol–water partition coefficient (Wildman–Crippen LogP) is 6.95. The summed E-state index contributed by atoms with van der Waals surface area (Å²) >= 11 is 4.90. The number of aryl methyl sites for hydroxylation is 1. The zero-order valence-electron chi connectivity index (χ0n) is 17.1. The summed E-state index contributed by atoms with van der Waals surface area (Å²) in [6.07, 6.45) is -0.650. The van der Waals surface area contributed by atoms with Crippen LogP contribution in [0.3, 0.4) is 0 Å². The lowest BCUT2D eigenvalue weighted by Gasteiger charge is -2.14. The summed E-state index contributed by atoms with van der Waals surface area (Å²) < 4.78 is 6.85. The van der Waals surface area contributed by atoms with E-state index in [1.165, 1.54) is 11.3 Å². The molecule has 3 aromatic carbocycles. The quantitative estimate of drug-likeness (QED) is 0.316. The normalized spacial score (nSPS) is 11.7. The van der Waals surface area contributed by atoms with E-state index in [1.54, 1.807) is 6.92 Å². The monoisotopic (exact) mass is 492 g/mol. The Bertz CT molecular complexity index is 1170. The number of nitrogens with zero attached hydrogens (tertiary/aromatic N) is 1. The maximum absolute atomic E-state index is 12.6. The Morgan fingerprint density at radius 3 is 2.23 bits per heavy atom. The first-order chi connectivity index (χ1) is 15.0. The van der Waals surface area contributed by atoms with Crippen LogP contribution >= 0.6 is 27.3 Å². The standard InChI is InChI=1S/C25H21BrN2O2S/c1-16(30-22-14-10-19(11-15-22)18-6-4-3-5-7-18)24(29)28-25-27-23(17(2)31-25)20-8-12-21(26)13-9-20/h3-16H,1-2H3,(H,27,28,29). The van der Waals surface area contributed by atoms with Crippen LogP contribution in [0.4, 0.5) is 5.13 Å². The third-order valence-electron chi connectivity index (χ3n) is 4.79. The van der Waals surface area contributed by atoms with E-state index < -0.39 is 6.10 Å². The van der Waals surface area contributed by atoms with E-state index in [4.69, 9.17) is 4.74 Å². The van der Waals surface area contributed by atoms with Crippen LogP contribution in [0.1, 0.15) is 11.8 Å². The van der Waals surface area contributed by atoms with Crippen LogP contribution in [-0.2, 0) is 4.79 Å². The number of rotatable bonds is 6. The molecule has 0 aliphatic carbocycles. The van der Waals surface area contributed by atoms with Gasteiger partial charge in [0.15, 0.2) is 11.2 Å². The summed E-state index contributed by atoms with van der Waals surface area (Å²) in [5.74, 6) is 0.413. The van der Waals surface area contributed by atoms with Gasteiger partial charge in [0, 0.05) is 14.9 Å². The Morgan fingerprint density at radius 1 is 0.935 bits per heavy atom. The lowest BCUT2D eigenvalue weighted by atomic mass is 10.1. The second-order valence-corrected chi connectivity index (χ2v) is 9.19. The number of ether oxygens (including phenoxy) is 1. The molecule has 0 fully saturated rings. The van der Waals surface area contributed by atoms with Crippen LogP contribution in [0, 0.1) is 6.92 Å². The molecule has 0 aliphatic heterocycles. The van der Waals surface area contributed by atoms with Crippen molar-refractivity contribution in [3.05, 3.63) is 88.2 Å². The Hall–Kier alpha value is -2.96. The molecule has 1 amide bonds. The number of hydrogen-bond acceptors (Lipinski definition) is 4. The van der Waals surface area contributed by atoms with E-state index in [-0.39, 0.29) is 5.91 Å². The molecule has 0 spiro atoms. The second-order valence-electron chi connectivity index (χ2n) is 7.07. The number of carbonyl (C=O) groups excluding carboxylic acids is 1. The zero-order chi connectivity index (χ0) is 21.8. The van der Waals surface area contributed by atoms with Crippen molar-refractivity contribution < 1.29 is 9.53 Å². The first-order valence-electron chi connectivity index (χ1n) is 9.86. The number of aromatic nitrogens is 1. The molecule has 1 unspecified atom stereocenters. The predicted molar refractivity (Wildman–Crippen MR) is 131 cm³/mol. The Balaban J connectivity index is 1.40. The summed E-state index contributed by atoms with van der Waals surface area (Å²) in [6, 6.07) is 25.8. The van der Waals surface area contributed by atoms with E-state index in [0.29, 0.717) is 10.9 Å². The van der Waals surface area contributed by atoms with Crippen molar-refractivity contribution in [2.75, 3.05) is 5.32 Å². The highest BCUT2D eigenvalue weighted by Crippen LogP contribution is 2.31. The molecule has 4 nitrogen and oxygen atoms in total. The van der Waals surface area contributed by atoms with Gasteiger partial charge in [-0.3, -0.25) is 10.1 Å². The average molecular weight is 493 g/mol. The first kappa shape index (κ1) is 21.3. The average Bonchev–Trinajstić information content (AvgIpc) is 3.15. The number of benzene rings is 3. The van der Waals surface area contributed by atoms with Crippen LogP contribution in [-0.4, -0.2) is 17.0 Å². The molecule has 1 heterocycles. The second kappa shape index (κ2) is 9.45. The van der Waals surface area contributed by atoms with Gasteiger partial charge in [-0.15, -0.1) is 11.3 Å². The number of hydrogen-bond donors (Lipinski definition) is 1. The largest absolute Gasteiger partial charge is 0.481 e. The molecule has 1 aromatic heterocycles. The Morgan fingerprint density at radius 2 is 1.55 bits per heavy atom. The molecular weight excluding hydrogens is 472 g/mol. The van der Waals surface area contributed by atoms with Gasteiger partial charge < -0.3 is 4.74 Å². The summed E-state index contributed by atoms with van der Waals surface area (Å²) in [6.45, 7) is 3.73. The molecule has 0 radical (unpaired) electrons. The SMILES string of the molecule is Cc1sc(NC(=O)C(C)Oc2ccc(-c3ccccc3)cc2)nc1-c1ccc(Br)cc1. The Kier molecular flexibility index (Phi) is 6.49. The highest BCUT2D eigenvalue weighted by atomic mass is 79.9. The lowest BCUT2D eigenvalue weighted by molar-refractivity contribution is -0.122. The molecular formula is C25H21BrN2O2S. The zero-order valence-corrected chi connectivity index (χ0v) is 19.5. The van der Waals surface area contributed by atoms with Crippen molar-refractivity contribution in [2.24, 2.45) is 0 Å². The van der Waals surface area contributed by atoms with Gasteiger partial charge in [0.05, 0.1) is 5.69 Å². The van der Waals surface area contributed by atoms with Gasteiger partial charge >= 0.3 is 0 Å². The molecule has 4 rings (SSSR count). The molecule has 1 N–H and O–H groups in total. The first-order valence-corrected chi connectivity index (χ1v) is 11.5. The minimum atomic E-state index is -0.650. The van der Waals surface area contributed by atoms with Gasteiger partial charge in [0.1, 0.15) is 5.75 Å². The van der Waals surface area contributed by atoms with Crippen molar-refractivity contribution in [1.82, 2.24) is 4.98 Å². The highest BCUT2D eigenvalue weighted by Gasteiger charge is 2.18. The van der Waals surface area contributed by atoms with Gasteiger partial charge in [0.25, 0.3) is 5.91 Å². The summed E-state index contributed by atoms with van der Waals surface area (Å²) in [4.78, 5) is 18.3. The number of halogens is 1. The maximum Gasteiger partial charge on any atom is 0.266 e. The number of nitrogens with one attached hydrogen (secondary N) is 1. The maximum atomic E-state index is 12.6. The van der Waals surface area contributed by atoms with E-state index in [1.807, 2.05) is 73.7 Å². The van der Waals surface area contributed by atoms with Crippen LogP contribution in [0.25, 0.3) is 22.4 Å². The summed E-state index contributed by atoms with van der Waals surface area (Å²) in [5.41, 5.74) is 4.13. The van der Waals surface area contributed by atoms with E-state index in [9.17, 15) is 4.79 Å². The van der Waals surface area contributed by atoms with E-state index in [0.717, 1.165) is 31.7 Å². The molecule has 0 saturated carbocycles. The Labute approximate surface area is 194 Å². The van der Waals surface area contributed by atoms with E-state index in [2.05, 4.69) is 38.4 Å². The fourth-order valence-electron chi connectivity index (χ4n) is 3.15. The number of thiazole rings is 1. The fourth-order valence-corrected chi connectivity index (χ4v) is 4.25. The molecule has 31 heavy (non-hydrogen) atoms. The molecule has 1 atom stereocenters. The van der Waals surface area contributed by atoms with Crippen LogP contribution in [0.15, 0.2) is 83.3 Å². The van der Waals surface area contributed by atoms with Crippen LogP contribution < -0.4 is 10.1 Å². The van der Waals surface area contributed by atoms with E-state index >= 15 is 0 Å². The van der Waals surface area contributed by atoms with Crippen molar-refractivity contribution in [3.63, 3.8) is 0 Å².